The molecule has 1 amide bonds. The Morgan fingerprint density at radius 3 is 2.57 bits per heavy atom. The summed E-state index contributed by atoms with van der Waals surface area (Å²) < 4.78 is 0. The van der Waals surface area contributed by atoms with Crippen molar-refractivity contribution in [3.05, 3.63) is 0 Å². The van der Waals surface area contributed by atoms with Crippen LogP contribution in [0.1, 0.15) is 0 Å². The summed E-state index contributed by atoms with van der Waals surface area (Å²) in [4.78, 5) is 10.2. The summed E-state index contributed by atoms with van der Waals surface area (Å²) in [5.41, 5.74) is 0. The molecule has 3 heteroatoms. The van der Waals surface area contributed by atoms with E-state index in [-0.39, 0.29) is 12.5 Å². The van der Waals surface area contributed by atoms with Crippen LogP contribution < -0.4 is 10.6 Å². The monoisotopic (exact) mass is 101 g/mol. The molecule has 0 aliphatic heterocycles. The highest BCUT2D eigenvalue weighted by Gasteiger charge is 1.90. The van der Waals surface area contributed by atoms with Crippen LogP contribution in [0, 0.1) is 0 Å². The summed E-state index contributed by atoms with van der Waals surface area (Å²) >= 11 is 0. The fourth-order valence-corrected chi connectivity index (χ4v) is 0.223. The Bertz CT molecular complexity index is 62.7. The number of carbonyl (C=O) groups is 1. The van der Waals surface area contributed by atoms with Crippen molar-refractivity contribution in [1.29, 1.82) is 0 Å². The molecular formula is C4H9N2O. The topological polar surface area (TPSA) is 43.2 Å². The molecule has 0 aromatic carbocycles. The van der Waals surface area contributed by atoms with Crippen LogP contribution in [0.25, 0.3) is 0 Å². The summed E-state index contributed by atoms with van der Waals surface area (Å²) in [5.74, 6) is -0.0394. The fraction of sp³-hybridized carbons (Fsp3) is 0.750. The number of nitrogens with zero attached hydrogens (tertiary/aromatic N) is 1. The maximum atomic E-state index is 10.2. The molecule has 0 aromatic heterocycles. The van der Waals surface area contributed by atoms with E-state index in [1.54, 1.807) is 14.1 Å². The zero-order chi connectivity index (χ0) is 5.70. The van der Waals surface area contributed by atoms with Gasteiger partial charge in [-0.2, -0.15) is 0 Å². The molecule has 0 fully saturated rings. The molecule has 0 heterocycles. The molecule has 0 bridgehead atoms. The number of hydrogen-bond acceptors (Lipinski definition) is 1. The Kier molecular flexibility index (Phi) is 3.32. The third kappa shape index (κ3) is 3.26. The van der Waals surface area contributed by atoms with Crippen molar-refractivity contribution in [2.24, 2.45) is 0 Å². The first kappa shape index (κ1) is 6.43. The van der Waals surface area contributed by atoms with E-state index in [0.717, 1.165) is 0 Å². The average molecular weight is 101 g/mol. The highest BCUT2D eigenvalue weighted by molar-refractivity contribution is 5.77. The van der Waals surface area contributed by atoms with E-state index < -0.39 is 0 Å². The van der Waals surface area contributed by atoms with Gasteiger partial charge in [-0.05, 0) is 0 Å². The van der Waals surface area contributed by atoms with Gasteiger partial charge in [0.05, 0.1) is 6.54 Å². The quantitative estimate of drug-likeness (QED) is 0.474. The molecule has 0 saturated carbocycles. The molecule has 0 unspecified atom stereocenters. The predicted octanol–water partition coefficient (Wildman–Crippen LogP) is -1.03. The van der Waals surface area contributed by atoms with E-state index in [1.807, 2.05) is 0 Å². The molecule has 0 aromatic rings. The average Bonchev–Trinajstić information content (AvgIpc) is 1.68. The molecule has 1 N–H and O–H groups in total. The molecule has 0 rings (SSSR count). The second-order valence-electron chi connectivity index (χ2n) is 1.15. The largest absolute Gasteiger partial charge is 0.358 e. The standard InChI is InChI=1S/C4H9N2O/c1-5-3-4(7)6-2/h3H2,1-2H3,(H,6,7). The first-order chi connectivity index (χ1) is 3.31. The van der Waals surface area contributed by atoms with Crippen molar-refractivity contribution in [2.75, 3.05) is 20.6 Å². The van der Waals surface area contributed by atoms with Crippen LogP contribution in [0.5, 0.6) is 0 Å². The molecule has 1 radical (unpaired) electrons. The Morgan fingerprint density at radius 1 is 1.86 bits per heavy atom. The Labute approximate surface area is 43.1 Å². The highest BCUT2D eigenvalue weighted by Crippen LogP contribution is 1.55. The van der Waals surface area contributed by atoms with Crippen LogP contribution in [-0.2, 0) is 4.79 Å². The van der Waals surface area contributed by atoms with Gasteiger partial charge in [0.2, 0.25) is 5.91 Å². The van der Waals surface area contributed by atoms with Crippen LogP contribution in [-0.4, -0.2) is 26.5 Å². The van der Waals surface area contributed by atoms with Crippen LogP contribution in [0.4, 0.5) is 0 Å². The van der Waals surface area contributed by atoms with Gasteiger partial charge in [0.15, 0.2) is 0 Å². The Hall–Kier alpha value is -0.570. The van der Waals surface area contributed by atoms with Gasteiger partial charge in [0.1, 0.15) is 0 Å². The Morgan fingerprint density at radius 2 is 2.43 bits per heavy atom. The van der Waals surface area contributed by atoms with Crippen molar-refractivity contribution in [3.63, 3.8) is 0 Å². The van der Waals surface area contributed by atoms with Crippen LogP contribution in [0.15, 0.2) is 0 Å². The molecule has 0 aliphatic rings. The summed E-state index contributed by atoms with van der Waals surface area (Å²) in [6.07, 6.45) is 0. The van der Waals surface area contributed by atoms with Gasteiger partial charge in [-0.15, -0.1) is 0 Å². The van der Waals surface area contributed by atoms with Gasteiger partial charge in [-0.25, -0.2) is 5.32 Å². The molecule has 0 saturated heterocycles. The number of hydrogen-bond donors (Lipinski definition) is 1. The van der Waals surface area contributed by atoms with Gasteiger partial charge in [-0.3, -0.25) is 4.79 Å². The van der Waals surface area contributed by atoms with E-state index in [9.17, 15) is 4.79 Å². The molecule has 7 heavy (non-hydrogen) atoms. The maximum absolute atomic E-state index is 10.2. The molecule has 0 atom stereocenters. The van der Waals surface area contributed by atoms with Crippen molar-refractivity contribution in [3.8, 4) is 0 Å². The number of amides is 1. The van der Waals surface area contributed by atoms with E-state index in [4.69, 9.17) is 0 Å². The second kappa shape index (κ2) is 3.61. The number of rotatable bonds is 2. The number of nitrogens with one attached hydrogen (secondary N) is 1. The zero-order valence-electron chi connectivity index (χ0n) is 4.56. The third-order valence-corrected chi connectivity index (χ3v) is 0.581. The van der Waals surface area contributed by atoms with Crippen LogP contribution in [0.3, 0.4) is 0 Å². The summed E-state index contributed by atoms with van der Waals surface area (Å²) in [7, 11) is 3.20. The third-order valence-electron chi connectivity index (χ3n) is 0.581. The van der Waals surface area contributed by atoms with Gasteiger partial charge in [0.25, 0.3) is 0 Å². The van der Waals surface area contributed by atoms with Crippen molar-refractivity contribution < 1.29 is 4.79 Å². The minimum atomic E-state index is -0.0394. The summed E-state index contributed by atoms with van der Waals surface area (Å²) in [5, 5.41) is 6.03. The lowest BCUT2D eigenvalue weighted by Crippen LogP contribution is -2.25. The van der Waals surface area contributed by atoms with Crippen molar-refractivity contribution in [2.45, 2.75) is 0 Å². The van der Waals surface area contributed by atoms with E-state index in [0.29, 0.717) is 0 Å². The first-order valence-electron chi connectivity index (χ1n) is 2.07. The zero-order valence-corrected chi connectivity index (χ0v) is 4.56. The van der Waals surface area contributed by atoms with E-state index >= 15 is 0 Å². The van der Waals surface area contributed by atoms with E-state index in [2.05, 4.69) is 10.6 Å². The Balaban J connectivity index is 3.00. The lowest BCUT2D eigenvalue weighted by Gasteiger charge is -1.91. The number of carbonyl (C=O) groups excluding carboxylic acids is 1. The van der Waals surface area contributed by atoms with Gasteiger partial charge in [0, 0.05) is 14.1 Å². The van der Waals surface area contributed by atoms with Crippen molar-refractivity contribution >= 4 is 5.91 Å². The maximum Gasteiger partial charge on any atom is 0.235 e. The van der Waals surface area contributed by atoms with Gasteiger partial charge in [-0.1, -0.05) is 0 Å². The molecule has 41 valence electrons. The van der Waals surface area contributed by atoms with Crippen LogP contribution in [0.2, 0.25) is 0 Å². The number of likely N-dealkylation sites (N-methyl/N-ethyl adjacent to an activating group) is 2. The highest BCUT2D eigenvalue weighted by atomic mass is 16.1. The lowest BCUT2D eigenvalue weighted by molar-refractivity contribution is -0.119. The van der Waals surface area contributed by atoms with Crippen molar-refractivity contribution in [1.82, 2.24) is 10.6 Å². The minimum Gasteiger partial charge on any atom is -0.358 e. The summed E-state index contributed by atoms with van der Waals surface area (Å²) in [6, 6.07) is 0. The first-order valence-corrected chi connectivity index (χ1v) is 2.07. The minimum absolute atomic E-state index is 0.0394. The van der Waals surface area contributed by atoms with Gasteiger partial charge < -0.3 is 5.32 Å². The second-order valence-corrected chi connectivity index (χ2v) is 1.15. The molecule has 0 aliphatic carbocycles. The SMILES string of the molecule is C[N]CC(=O)NC. The molecule has 0 spiro atoms. The molecule has 3 nitrogen and oxygen atoms in total. The van der Waals surface area contributed by atoms with E-state index in [1.165, 1.54) is 0 Å². The fourth-order valence-electron chi connectivity index (χ4n) is 0.223. The van der Waals surface area contributed by atoms with Gasteiger partial charge >= 0.3 is 0 Å². The summed E-state index contributed by atoms with van der Waals surface area (Å²) in [6.45, 7) is 0.274. The molecular weight excluding hydrogens is 92.1 g/mol. The van der Waals surface area contributed by atoms with Crippen LogP contribution >= 0.6 is 0 Å². The smallest absolute Gasteiger partial charge is 0.235 e. The predicted molar refractivity (Wildman–Crippen MR) is 27.0 cm³/mol. The lowest BCUT2D eigenvalue weighted by atomic mass is 10.6. The normalized spacial score (nSPS) is 8.29.